The fourth-order valence-corrected chi connectivity index (χ4v) is 4.86. The molecule has 2 aliphatic heterocycles. The lowest BCUT2D eigenvalue weighted by Crippen LogP contribution is -2.57. The molecule has 3 N–H and O–H groups in total. The minimum absolute atomic E-state index is 0.00312. The smallest absolute Gasteiger partial charge is 0.522 e. The van der Waals surface area contributed by atoms with E-state index >= 15 is 0 Å². The molecule has 2 aromatic rings. The van der Waals surface area contributed by atoms with E-state index < -0.39 is 29.2 Å². The van der Waals surface area contributed by atoms with Crippen molar-refractivity contribution >= 4 is 23.1 Å². The molecule has 1 aromatic heterocycles. The number of fused-ring (bicyclic) bond motifs is 1. The number of aryl methyl sites for hydroxylation is 1. The molecule has 1 fully saturated rings. The number of hydrogen-bond donors (Lipinski definition) is 3. The van der Waals surface area contributed by atoms with Crippen molar-refractivity contribution in [2.24, 2.45) is 0 Å². The average molecular weight is 421 g/mol. The van der Waals surface area contributed by atoms with Gasteiger partial charge in [-0.25, -0.2) is 13.2 Å². The highest BCUT2D eigenvalue weighted by molar-refractivity contribution is 7.89. The van der Waals surface area contributed by atoms with Crippen LogP contribution in [0.3, 0.4) is 0 Å². The number of nitrogens with zero attached hydrogens (tertiary/aromatic N) is 2. The predicted octanol–water partition coefficient (Wildman–Crippen LogP) is -0.223. The third-order valence-electron chi connectivity index (χ3n) is 4.84. The first-order chi connectivity index (χ1) is 13.8. The highest BCUT2D eigenvalue weighted by Gasteiger charge is 2.43. The maximum atomic E-state index is 12.6. The normalized spacial score (nSPS) is 17.2. The number of hydrogen-bond acceptors (Lipinski definition) is 7. The van der Waals surface area contributed by atoms with E-state index in [1.165, 1.54) is 30.5 Å². The summed E-state index contributed by atoms with van der Waals surface area (Å²) in [6, 6.07) is 7.45. The third kappa shape index (κ3) is 3.50. The van der Waals surface area contributed by atoms with Crippen LogP contribution >= 0.6 is 0 Å². The van der Waals surface area contributed by atoms with Gasteiger partial charge in [0, 0.05) is 16.9 Å². The number of benzene rings is 1. The lowest BCUT2D eigenvalue weighted by molar-refractivity contribution is -0.933. The van der Waals surface area contributed by atoms with Crippen LogP contribution in [0.5, 0.6) is 11.5 Å². The summed E-state index contributed by atoms with van der Waals surface area (Å²) >= 11 is 0. The molecule has 1 aromatic carbocycles. The van der Waals surface area contributed by atoms with Crippen LogP contribution in [-0.2, 0) is 16.4 Å². The van der Waals surface area contributed by atoms with E-state index in [9.17, 15) is 28.6 Å². The minimum Gasteiger partial charge on any atom is -0.535 e. The first kappa shape index (κ1) is 19.5. The van der Waals surface area contributed by atoms with Crippen molar-refractivity contribution in [1.29, 1.82) is 0 Å². The molecule has 152 valence electrons. The number of sulfonamides is 1. The predicted molar refractivity (Wildman–Crippen MR) is 97.5 cm³/mol. The quantitative estimate of drug-likeness (QED) is 0.342. The Kier molecular flexibility index (Phi) is 4.85. The number of ether oxygens (including phenoxy) is 1. The van der Waals surface area contributed by atoms with Gasteiger partial charge in [0.2, 0.25) is 6.20 Å². The first-order valence-electron chi connectivity index (χ1n) is 8.88. The Labute approximate surface area is 166 Å². The largest absolute Gasteiger partial charge is 0.535 e. The van der Waals surface area contributed by atoms with E-state index in [4.69, 9.17) is 9.39 Å². The summed E-state index contributed by atoms with van der Waals surface area (Å²) in [7, 11) is -5.00. The van der Waals surface area contributed by atoms with E-state index in [2.05, 4.69) is 0 Å². The number of carbonyl (C=O) groups is 1. The van der Waals surface area contributed by atoms with Gasteiger partial charge in [-0.05, 0) is 30.4 Å². The minimum atomic E-state index is -3.91. The molecule has 0 unspecified atom stereocenters. The molecule has 12 heteroatoms. The maximum Gasteiger partial charge on any atom is 0.522 e. The Morgan fingerprint density at radius 2 is 2.03 bits per heavy atom. The van der Waals surface area contributed by atoms with Crippen LogP contribution in [0.15, 0.2) is 41.6 Å². The summed E-state index contributed by atoms with van der Waals surface area (Å²) in [5, 5.41) is 28.7. The molecule has 0 aliphatic carbocycles. The van der Waals surface area contributed by atoms with Gasteiger partial charge in [-0.15, -0.1) is 0 Å². The van der Waals surface area contributed by atoms with Gasteiger partial charge in [-0.2, -0.15) is 4.31 Å². The number of aromatic nitrogens is 1. The molecule has 2 aliphatic rings. The van der Waals surface area contributed by atoms with Crippen molar-refractivity contribution in [2.75, 3.05) is 13.1 Å². The van der Waals surface area contributed by atoms with Gasteiger partial charge in [0.25, 0.3) is 0 Å². The average Bonchev–Trinajstić information content (AvgIpc) is 2.63. The van der Waals surface area contributed by atoms with Gasteiger partial charge >= 0.3 is 28.1 Å². The second-order valence-corrected chi connectivity index (χ2v) is 8.67. The molecule has 4 rings (SSSR count). The van der Waals surface area contributed by atoms with Gasteiger partial charge in [-0.3, -0.25) is 5.21 Å². The van der Waals surface area contributed by atoms with Crippen LogP contribution in [0.2, 0.25) is 6.32 Å². The Bertz CT molecular complexity index is 1070. The van der Waals surface area contributed by atoms with Crippen molar-refractivity contribution in [2.45, 2.75) is 23.9 Å². The van der Waals surface area contributed by atoms with Crippen LogP contribution in [0.25, 0.3) is 0 Å². The molecule has 0 atom stereocenters. The first-order valence-corrected chi connectivity index (χ1v) is 10.3. The zero-order chi connectivity index (χ0) is 20.8. The molecule has 0 radical (unpaired) electrons. The number of carboxylic acids is 1. The van der Waals surface area contributed by atoms with Gasteiger partial charge in [0.05, 0.1) is 13.1 Å². The summed E-state index contributed by atoms with van der Waals surface area (Å²) in [6.45, 7) is -0.00624. The van der Waals surface area contributed by atoms with Crippen molar-refractivity contribution in [3.63, 3.8) is 0 Å². The van der Waals surface area contributed by atoms with E-state index in [1.807, 2.05) is 0 Å². The van der Waals surface area contributed by atoms with E-state index in [0.29, 0.717) is 23.0 Å². The van der Waals surface area contributed by atoms with E-state index in [1.54, 1.807) is 6.07 Å². The second kappa shape index (κ2) is 7.21. The summed E-state index contributed by atoms with van der Waals surface area (Å²) in [5.74, 6) is -1.15. The zero-order valence-corrected chi connectivity index (χ0v) is 15.9. The van der Waals surface area contributed by atoms with Gasteiger partial charge in [0.1, 0.15) is 23.2 Å². The van der Waals surface area contributed by atoms with Crippen LogP contribution < -0.4 is 14.1 Å². The van der Waals surface area contributed by atoms with Crippen molar-refractivity contribution in [3.8, 4) is 11.5 Å². The monoisotopic (exact) mass is 421 g/mol. The molecule has 29 heavy (non-hydrogen) atoms. The number of carboxylic acid groups (broad SMARTS) is 1. The standard InChI is InChI=1S/C17H17BN2O8S/c21-17(22)15-13(5-4-11-6-7-18(23)28-16(11)15)27-12-9-19(10-12)29(25,26)14-3-1-2-8-20(14)24/h1-5,8,12,23H,6-7,9-10H2,(H-,21,22,24)/p+1. The topological polar surface area (TPSA) is 137 Å². The van der Waals surface area contributed by atoms with E-state index in [0.717, 1.165) is 4.31 Å². The molecule has 0 spiro atoms. The van der Waals surface area contributed by atoms with Crippen LogP contribution in [0.1, 0.15) is 15.9 Å². The highest BCUT2D eigenvalue weighted by Crippen LogP contribution is 2.37. The SMILES string of the molecule is O=C(O)c1c(OC2CN(S(=O)(=O)c3cccc[n+]3O)C2)ccc2c1OB(O)CC2. The summed E-state index contributed by atoms with van der Waals surface area (Å²) < 4.78 is 37.8. The van der Waals surface area contributed by atoms with E-state index in [-0.39, 0.29) is 35.2 Å². The fourth-order valence-electron chi connectivity index (χ4n) is 3.32. The maximum absolute atomic E-state index is 12.6. The number of pyridine rings is 1. The van der Waals surface area contributed by atoms with Crippen LogP contribution in [-0.4, -0.2) is 60.3 Å². The lowest BCUT2D eigenvalue weighted by atomic mass is 9.78. The second-order valence-electron chi connectivity index (χ2n) is 6.79. The van der Waals surface area contributed by atoms with Gasteiger partial charge < -0.3 is 19.5 Å². The van der Waals surface area contributed by atoms with Crippen molar-refractivity contribution in [3.05, 3.63) is 47.7 Å². The summed E-state index contributed by atoms with van der Waals surface area (Å²) in [6.07, 6.45) is 1.49. The zero-order valence-electron chi connectivity index (χ0n) is 15.1. The number of aromatic carboxylic acids is 1. The van der Waals surface area contributed by atoms with Crippen LogP contribution in [0.4, 0.5) is 0 Å². The number of rotatable bonds is 5. The Balaban J connectivity index is 1.52. The van der Waals surface area contributed by atoms with Gasteiger partial charge in [0.15, 0.2) is 0 Å². The Morgan fingerprint density at radius 3 is 2.72 bits per heavy atom. The molecule has 0 bridgehead atoms. The summed E-state index contributed by atoms with van der Waals surface area (Å²) in [4.78, 5) is 11.8. The molecule has 0 amide bonds. The molecule has 1 saturated heterocycles. The fraction of sp³-hybridized carbons (Fsp3) is 0.294. The van der Waals surface area contributed by atoms with Gasteiger partial charge in [-0.1, -0.05) is 6.07 Å². The van der Waals surface area contributed by atoms with Crippen LogP contribution in [0, 0.1) is 0 Å². The molecule has 0 saturated carbocycles. The van der Waals surface area contributed by atoms with Crippen molar-refractivity contribution in [1.82, 2.24) is 4.31 Å². The molecule has 3 heterocycles. The Hall–Kier alpha value is -2.83. The molecular weight excluding hydrogens is 403 g/mol. The third-order valence-corrected chi connectivity index (χ3v) is 6.67. The molecule has 10 nitrogen and oxygen atoms in total. The summed E-state index contributed by atoms with van der Waals surface area (Å²) in [5.41, 5.74) is 0.466. The molecular formula is C17H18BN2O8S+. The highest BCUT2D eigenvalue weighted by atomic mass is 32.2. The Morgan fingerprint density at radius 1 is 1.28 bits per heavy atom. The lowest BCUT2D eigenvalue weighted by Gasteiger charge is -2.37. The van der Waals surface area contributed by atoms with Crippen molar-refractivity contribution < 1.29 is 42.7 Å².